The topological polar surface area (TPSA) is 35.2 Å². The molecule has 0 bridgehead atoms. The van der Waals surface area contributed by atoms with E-state index in [9.17, 15) is 0 Å². The van der Waals surface area contributed by atoms with Crippen LogP contribution in [0.1, 0.15) is 48.1 Å². The number of nitrogens with two attached hydrogens (primary N) is 1. The number of benzene rings is 1. The number of hydrogen-bond donors (Lipinski definition) is 1. The second-order valence-corrected chi connectivity index (χ2v) is 5.03. The first kappa shape index (κ1) is 12.9. The van der Waals surface area contributed by atoms with Crippen LogP contribution in [0.3, 0.4) is 0 Å². The van der Waals surface area contributed by atoms with Crippen molar-refractivity contribution in [3.63, 3.8) is 0 Å². The largest absolute Gasteiger partial charge is 0.372 e. The molecule has 94 valence electrons. The molecule has 0 saturated carbocycles. The van der Waals surface area contributed by atoms with Gasteiger partial charge in [0.25, 0.3) is 0 Å². The molecular formula is C14H20ClNO. The first-order chi connectivity index (χ1) is 7.77. The predicted molar refractivity (Wildman–Crippen MR) is 71.5 cm³/mol. The minimum Gasteiger partial charge on any atom is -0.372 e. The van der Waals surface area contributed by atoms with Gasteiger partial charge in [-0.05, 0) is 54.9 Å². The highest BCUT2D eigenvalue weighted by Crippen LogP contribution is 2.35. The summed E-state index contributed by atoms with van der Waals surface area (Å²) in [5, 5.41) is 0. The van der Waals surface area contributed by atoms with Crippen LogP contribution in [0.15, 0.2) is 12.1 Å². The fourth-order valence-corrected chi connectivity index (χ4v) is 3.01. The van der Waals surface area contributed by atoms with Crippen LogP contribution < -0.4 is 5.73 Å². The average molecular weight is 254 g/mol. The van der Waals surface area contributed by atoms with Gasteiger partial charge < -0.3 is 10.5 Å². The van der Waals surface area contributed by atoms with E-state index >= 15 is 0 Å². The lowest BCUT2D eigenvalue weighted by Crippen LogP contribution is -2.33. The molecule has 1 aliphatic carbocycles. The first-order valence-corrected chi connectivity index (χ1v) is 6.28. The van der Waals surface area contributed by atoms with Crippen LogP contribution in [0.4, 0.5) is 0 Å². The Labute approximate surface area is 109 Å². The smallest absolute Gasteiger partial charge is 0.0744 e. The number of rotatable bonds is 0. The maximum Gasteiger partial charge on any atom is 0.0744 e. The number of hydrogen-bond acceptors (Lipinski definition) is 2. The Bertz CT molecular complexity index is 419. The second-order valence-electron chi connectivity index (χ2n) is 5.03. The fraction of sp³-hybridized carbons (Fsp3) is 0.571. The van der Waals surface area contributed by atoms with Crippen LogP contribution in [-0.4, -0.2) is 6.10 Å². The zero-order chi connectivity index (χ0) is 11.1. The molecule has 0 saturated heterocycles. The van der Waals surface area contributed by atoms with Crippen LogP contribution in [0.5, 0.6) is 0 Å². The summed E-state index contributed by atoms with van der Waals surface area (Å²) < 4.78 is 5.68. The molecule has 1 aromatic carbocycles. The van der Waals surface area contributed by atoms with Gasteiger partial charge in [-0.15, -0.1) is 12.4 Å². The van der Waals surface area contributed by atoms with Crippen molar-refractivity contribution in [3.8, 4) is 0 Å². The number of halogens is 1. The van der Waals surface area contributed by atoms with E-state index < -0.39 is 0 Å². The molecule has 3 rings (SSSR count). The lowest BCUT2D eigenvalue weighted by atomic mass is 9.81. The van der Waals surface area contributed by atoms with E-state index in [0.29, 0.717) is 0 Å². The lowest BCUT2D eigenvalue weighted by molar-refractivity contribution is 0.0209. The van der Waals surface area contributed by atoms with Gasteiger partial charge in [0.05, 0.1) is 18.8 Å². The number of aryl methyl sites for hydroxylation is 1. The Balaban J connectivity index is 0.00000108. The van der Waals surface area contributed by atoms with Crippen molar-refractivity contribution in [3.05, 3.63) is 34.4 Å². The van der Waals surface area contributed by atoms with E-state index in [-0.39, 0.29) is 24.6 Å². The van der Waals surface area contributed by atoms with Gasteiger partial charge in [-0.3, -0.25) is 0 Å². The van der Waals surface area contributed by atoms with Crippen molar-refractivity contribution in [2.45, 2.75) is 51.4 Å². The Morgan fingerprint density at radius 2 is 1.88 bits per heavy atom. The Morgan fingerprint density at radius 3 is 2.71 bits per heavy atom. The van der Waals surface area contributed by atoms with Gasteiger partial charge in [-0.25, -0.2) is 0 Å². The molecule has 0 radical (unpaired) electrons. The summed E-state index contributed by atoms with van der Waals surface area (Å²) in [5.74, 6) is 0. The lowest BCUT2D eigenvalue weighted by Gasteiger charge is -2.33. The van der Waals surface area contributed by atoms with Crippen molar-refractivity contribution in [1.82, 2.24) is 0 Å². The third kappa shape index (κ3) is 2.10. The van der Waals surface area contributed by atoms with Crippen LogP contribution >= 0.6 is 12.4 Å². The molecule has 0 unspecified atom stereocenters. The van der Waals surface area contributed by atoms with E-state index in [1.54, 1.807) is 0 Å². The van der Waals surface area contributed by atoms with Gasteiger partial charge >= 0.3 is 0 Å². The van der Waals surface area contributed by atoms with Crippen LogP contribution in [0.2, 0.25) is 0 Å². The summed E-state index contributed by atoms with van der Waals surface area (Å²) in [5.41, 5.74) is 12.1. The van der Waals surface area contributed by atoms with Crippen molar-refractivity contribution < 1.29 is 4.74 Å². The van der Waals surface area contributed by atoms with Crippen LogP contribution in [0, 0.1) is 0 Å². The highest BCUT2D eigenvalue weighted by atomic mass is 35.5. The zero-order valence-electron chi connectivity index (χ0n) is 10.2. The standard InChI is InChI=1S/C14H19NO.ClH/c1-9-14(15)13-11(8-16-9)7-6-10-4-2-3-5-12(10)13;/h6-7,9,14H,2-5,8,15H2,1H3;1H/t9-,14+;/m0./s1. The minimum atomic E-state index is 0. The molecule has 1 aliphatic heterocycles. The zero-order valence-corrected chi connectivity index (χ0v) is 11.1. The summed E-state index contributed by atoms with van der Waals surface area (Å²) in [4.78, 5) is 0. The van der Waals surface area contributed by atoms with Crippen LogP contribution in [-0.2, 0) is 24.2 Å². The fourth-order valence-electron chi connectivity index (χ4n) is 3.01. The molecule has 2 atom stereocenters. The van der Waals surface area contributed by atoms with E-state index in [2.05, 4.69) is 19.1 Å². The van der Waals surface area contributed by atoms with Crippen LogP contribution in [0.25, 0.3) is 0 Å². The third-order valence-electron chi connectivity index (χ3n) is 4.01. The first-order valence-electron chi connectivity index (χ1n) is 6.28. The summed E-state index contributed by atoms with van der Waals surface area (Å²) in [6.07, 6.45) is 5.23. The molecule has 2 aliphatic rings. The molecule has 3 heteroatoms. The molecule has 0 fully saturated rings. The van der Waals surface area contributed by atoms with E-state index in [0.717, 1.165) is 6.61 Å². The van der Waals surface area contributed by atoms with E-state index in [4.69, 9.17) is 10.5 Å². The molecule has 1 heterocycles. The van der Waals surface area contributed by atoms with E-state index in [1.165, 1.54) is 47.9 Å². The second kappa shape index (κ2) is 4.97. The minimum absolute atomic E-state index is 0. The quantitative estimate of drug-likeness (QED) is 0.772. The van der Waals surface area contributed by atoms with Crippen molar-refractivity contribution in [2.24, 2.45) is 5.73 Å². The highest BCUT2D eigenvalue weighted by molar-refractivity contribution is 5.85. The Hall–Kier alpha value is -0.570. The van der Waals surface area contributed by atoms with Gasteiger partial charge in [0, 0.05) is 0 Å². The van der Waals surface area contributed by atoms with Gasteiger partial charge in [0.15, 0.2) is 0 Å². The molecular weight excluding hydrogens is 234 g/mol. The molecule has 2 nitrogen and oxygen atoms in total. The molecule has 2 N–H and O–H groups in total. The van der Waals surface area contributed by atoms with Gasteiger partial charge in [0.1, 0.15) is 0 Å². The summed E-state index contributed by atoms with van der Waals surface area (Å²) >= 11 is 0. The molecule has 0 amide bonds. The summed E-state index contributed by atoms with van der Waals surface area (Å²) in [7, 11) is 0. The molecule has 17 heavy (non-hydrogen) atoms. The average Bonchev–Trinajstić information content (AvgIpc) is 2.33. The normalized spacial score (nSPS) is 26.7. The van der Waals surface area contributed by atoms with Gasteiger partial charge in [-0.1, -0.05) is 12.1 Å². The predicted octanol–water partition coefficient (Wildman–Crippen LogP) is 2.91. The maximum absolute atomic E-state index is 6.29. The van der Waals surface area contributed by atoms with Crippen molar-refractivity contribution in [1.29, 1.82) is 0 Å². The molecule has 1 aromatic rings. The van der Waals surface area contributed by atoms with E-state index in [1.807, 2.05) is 0 Å². The SMILES string of the molecule is C[C@@H]1OCc2ccc3c(c2[C@@H]1N)CCCC3.Cl. The number of fused-ring (bicyclic) bond motifs is 3. The summed E-state index contributed by atoms with van der Waals surface area (Å²) in [6, 6.07) is 4.56. The van der Waals surface area contributed by atoms with Crippen molar-refractivity contribution in [2.75, 3.05) is 0 Å². The van der Waals surface area contributed by atoms with Gasteiger partial charge in [-0.2, -0.15) is 0 Å². The Kier molecular flexibility index (Phi) is 3.76. The number of ether oxygens (including phenoxy) is 1. The maximum atomic E-state index is 6.29. The van der Waals surface area contributed by atoms with Gasteiger partial charge in [0.2, 0.25) is 0 Å². The van der Waals surface area contributed by atoms with Crippen molar-refractivity contribution >= 4 is 12.4 Å². The monoisotopic (exact) mass is 253 g/mol. The Morgan fingerprint density at radius 1 is 1.18 bits per heavy atom. The summed E-state index contributed by atoms with van der Waals surface area (Å²) in [6.45, 7) is 2.81. The third-order valence-corrected chi connectivity index (χ3v) is 4.01. The highest BCUT2D eigenvalue weighted by Gasteiger charge is 2.28. The molecule has 0 spiro atoms. The molecule has 0 aromatic heterocycles.